The van der Waals surface area contributed by atoms with Gasteiger partial charge in [-0.1, -0.05) is 27.0 Å². The van der Waals surface area contributed by atoms with Gasteiger partial charge in [0.15, 0.2) is 0 Å². The number of carbonyl (C=O) groups excluding carboxylic acids is 3. The minimum absolute atomic E-state index is 0.331. The van der Waals surface area contributed by atoms with E-state index in [9.17, 15) is 19.5 Å². The number of hydrogen-bond acceptors (Lipinski definition) is 10. The van der Waals surface area contributed by atoms with Gasteiger partial charge in [-0.3, -0.25) is 0 Å². The maximum Gasteiger partial charge on any atom is 0.343 e. The second-order valence-corrected chi connectivity index (χ2v) is 11.9. The third-order valence-electron chi connectivity index (χ3n) is 7.80. The Hall–Kier alpha value is -5.09. The third-order valence-corrected chi connectivity index (χ3v) is 7.80. The van der Waals surface area contributed by atoms with E-state index in [4.69, 9.17) is 28.4 Å². The van der Waals surface area contributed by atoms with Crippen LogP contribution in [0.1, 0.15) is 74.6 Å². The summed E-state index contributed by atoms with van der Waals surface area (Å²) in [6.07, 6.45) is 6.23. The van der Waals surface area contributed by atoms with Crippen molar-refractivity contribution in [2.24, 2.45) is 11.8 Å². The van der Waals surface area contributed by atoms with Gasteiger partial charge in [-0.25, -0.2) is 14.4 Å². The van der Waals surface area contributed by atoms with E-state index in [0.29, 0.717) is 72.4 Å². The lowest BCUT2D eigenvalue weighted by Gasteiger charge is -2.15. The molecule has 0 heterocycles. The van der Waals surface area contributed by atoms with Crippen molar-refractivity contribution in [3.63, 3.8) is 0 Å². The molecule has 0 bridgehead atoms. The highest BCUT2D eigenvalue weighted by atomic mass is 16.6. The van der Waals surface area contributed by atoms with Gasteiger partial charge in [0.2, 0.25) is 6.29 Å². The number of aliphatic hydroxyl groups excluding tert-OH is 1. The number of esters is 3. The first-order chi connectivity index (χ1) is 24.2. The molecule has 3 aromatic rings. The molecule has 0 aliphatic heterocycles. The summed E-state index contributed by atoms with van der Waals surface area (Å²) < 4.78 is 32.8. The summed E-state index contributed by atoms with van der Waals surface area (Å²) in [7, 11) is 0. The molecule has 0 saturated carbocycles. The Labute approximate surface area is 294 Å². The molecule has 10 nitrogen and oxygen atoms in total. The first kappa shape index (κ1) is 39.3. The first-order valence-corrected chi connectivity index (χ1v) is 16.9. The topological polar surface area (TPSA) is 127 Å². The van der Waals surface area contributed by atoms with Crippen LogP contribution in [0.4, 0.5) is 0 Å². The second-order valence-electron chi connectivity index (χ2n) is 11.9. The van der Waals surface area contributed by atoms with Crippen molar-refractivity contribution in [3.8, 4) is 23.0 Å². The van der Waals surface area contributed by atoms with Crippen LogP contribution in [-0.4, -0.2) is 49.4 Å². The van der Waals surface area contributed by atoms with Gasteiger partial charge in [-0.05, 0) is 123 Å². The molecule has 3 atom stereocenters. The van der Waals surface area contributed by atoms with Crippen molar-refractivity contribution >= 4 is 17.9 Å². The monoisotopic (exact) mass is 688 g/mol. The van der Waals surface area contributed by atoms with E-state index < -0.39 is 24.2 Å². The zero-order valence-corrected chi connectivity index (χ0v) is 28.9. The van der Waals surface area contributed by atoms with Crippen molar-refractivity contribution in [1.82, 2.24) is 0 Å². The van der Waals surface area contributed by atoms with Crippen LogP contribution in [0.5, 0.6) is 23.0 Å². The summed E-state index contributed by atoms with van der Waals surface area (Å²) in [6.45, 7) is 12.8. The van der Waals surface area contributed by atoms with E-state index in [1.165, 1.54) is 0 Å². The van der Waals surface area contributed by atoms with E-state index in [2.05, 4.69) is 27.0 Å². The Morgan fingerprint density at radius 1 is 0.620 bits per heavy atom. The van der Waals surface area contributed by atoms with Crippen molar-refractivity contribution in [3.05, 3.63) is 109 Å². The van der Waals surface area contributed by atoms with Crippen molar-refractivity contribution < 1.29 is 47.9 Å². The van der Waals surface area contributed by atoms with Gasteiger partial charge in [-0.2, -0.15) is 0 Å². The van der Waals surface area contributed by atoms with Gasteiger partial charge < -0.3 is 33.5 Å². The van der Waals surface area contributed by atoms with Crippen LogP contribution in [-0.2, 0) is 19.1 Å². The Morgan fingerprint density at radius 2 is 1.06 bits per heavy atom. The summed E-state index contributed by atoms with van der Waals surface area (Å²) in [5.74, 6) is 1.57. The van der Waals surface area contributed by atoms with E-state index in [1.807, 2.05) is 0 Å². The lowest BCUT2D eigenvalue weighted by Crippen LogP contribution is -2.09. The van der Waals surface area contributed by atoms with Crippen LogP contribution in [0.25, 0.3) is 0 Å². The predicted molar refractivity (Wildman–Crippen MR) is 189 cm³/mol. The number of benzene rings is 3. The summed E-state index contributed by atoms with van der Waals surface area (Å²) in [4.78, 5) is 34.9. The molecular formula is C40H48O10. The maximum atomic E-state index is 12.7. The van der Waals surface area contributed by atoms with Crippen LogP contribution in [0, 0.1) is 11.8 Å². The molecule has 0 fully saturated rings. The third kappa shape index (κ3) is 15.0. The molecule has 268 valence electrons. The average molecular weight is 689 g/mol. The molecule has 50 heavy (non-hydrogen) atoms. The Bertz CT molecular complexity index is 1480. The normalized spacial score (nSPS) is 12.5. The zero-order chi connectivity index (χ0) is 36.1. The molecular weight excluding hydrogens is 640 g/mol. The number of aliphatic hydroxyl groups is 1. The van der Waals surface area contributed by atoms with Gasteiger partial charge in [0.05, 0.1) is 32.0 Å². The number of ether oxygens (including phenoxy) is 6. The van der Waals surface area contributed by atoms with Gasteiger partial charge >= 0.3 is 17.9 Å². The number of rotatable bonds is 23. The van der Waals surface area contributed by atoms with Crippen LogP contribution in [0.2, 0.25) is 0 Å². The van der Waals surface area contributed by atoms with E-state index in [0.717, 1.165) is 50.7 Å². The summed E-state index contributed by atoms with van der Waals surface area (Å²) in [5, 5.41) is 10.6. The van der Waals surface area contributed by atoms with E-state index in [-0.39, 0.29) is 0 Å². The van der Waals surface area contributed by atoms with E-state index in [1.54, 1.807) is 72.8 Å². The van der Waals surface area contributed by atoms with Gasteiger partial charge in [0.25, 0.3) is 0 Å². The molecule has 3 aromatic carbocycles. The summed E-state index contributed by atoms with van der Waals surface area (Å²) in [6, 6.07) is 20.2. The highest BCUT2D eigenvalue weighted by Crippen LogP contribution is 2.25. The average Bonchev–Trinajstić information content (AvgIpc) is 3.13. The molecule has 1 N–H and O–H groups in total. The molecule has 0 spiro atoms. The van der Waals surface area contributed by atoms with Crippen LogP contribution in [0.3, 0.4) is 0 Å². The molecule has 3 rings (SSSR count). The molecule has 0 aliphatic carbocycles. The SMILES string of the molecule is C=CC(=O)OCCCC(C)CCOc1ccc(C(=O)Oc2ccc(OC(O)c3ccc(OCCC(C)CCCOC(=O)C=C)cc3)cc2)cc1. The summed E-state index contributed by atoms with van der Waals surface area (Å²) in [5.41, 5.74) is 0.933. The lowest BCUT2D eigenvalue weighted by molar-refractivity contribution is -0.138. The molecule has 0 aliphatic rings. The van der Waals surface area contributed by atoms with Crippen LogP contribution >= 0.6 is 0 Å². The van der Waals surface area contributed by atoms with Gasteiger partial charge in [0.1, 0.15) is 23.0 Å². The first-order valence-electron chi connectivity index (χ1n) is 16.9. The van der Waals surface area contributed by atoms with Crippen LogP contribution < -0.4 is 18.9 Å². The molecule has 3 unspecified atom stereocenters. The standard InChI is InChI=1S/C40H48O10/c1-5-37(41)47-25-7-9-29(3)23-27-45-33-15-11-31(12-16-33)39(43)49-35-19-21-36(22-20-35)50-40(44)32-13-17-34(18-14-32)46-28-24-30(4)10-8-26-48-38(42)6-2/h5-6,11-22,29-30,39,43H,1-2,7-10,23-28H2,3-4H3. The second kappa shape index (κ2) is 21.8. The quantitative estimate of drug-likeness (QED) is 0.0347. The maximum absolute atomic E-state index is 12.7. The number of hydrogen-bond donors (Lipinski definition) is 1. The number of carbonyl (C=O) groups is 3. The lowest BCUT2D eigenvalue weighted by atomic mass is 10.0. The minimum Gasteiger partial charge on any atom is -0.494 e. The Kier molecular flexibility index (Phi) is 17.2. The fourth-order valence-corrected chi connectivity index (χ4v) is 4.74. The van der Waals surface area contributed by atoms with Crippen LogP contribution in [0.15, 0.2) is 98.1 Å². The highest BCUT2D eigenvalue weighted by Gasteiger charge is 2.13. The Balaban J connectivity index is 1.34. The van der Waals surface area contributed by atoms with E-state index >= 15 is 0 Å². The fraction of sp³-hybridized carbons (Fsp3) is 0.375. The van der Waals surface area contributed by atoms with Gasteiger partial charge in [-0.15, -0.1) is 0 Å². The largest absolute Gasteiger partial charge is 0.494 e. The predicted octanol–water partition coefficient (Wildman–Crippen LogP) is 7.80. The molecule has 0 saturated heterocycles. The minimum atomic E-state index is -1.20. The smallest absolute Gasteiger partial charge is 0.343 e. The molecule has 0 aromatic heterocycles. The molecule has 0 radical (unpaired) electrons. The molecule has 0 amide bonds. The van der Waals surface area contributed by atoms with Crippen molar-refractivity contribution in [1.29, 1.82) is 0 Å². The van der Waals surface area contributed by atoms with Gasteiger partial charge in [0, 0.05) is 17.7 Å². The van der Waals surface area contributed by atoms with Crippen molar-refractivity contribution in [2.45, 2.75) is 58.7 Å². The highest BCUT2D eigenvalue weighted by molar-refractivity contribution is 5.91. The summed E-state index contributed by atoms with van der Waals surface area (Å²) >= 11 is 0. The zero-order valence-electron chi connectivity index (χ0n) is 28.9. The molecule has 10 heteroatoms. The van der Waals surface area contributed by atoms with Crippen molar-refractivity contribution in [2.75, 3.05) is 26.4 Å². The Morgan fingerprint density at radius 3 is 1.54 bits per heavy atom. The fourth-order valence-electron chi connectivity index (χ4n) is 4.74.